The fraction of sp³-hybridized carbons (Fsp3) is 0.400. The topological polar surface area (TPSA) is 52.5 Å². The molecule has 5 nitrogen and oxygen atoms in total. The Morgan fingerprint density at radius 2 is 1.85 bits per heavy atom. The van der Waals surface area contributed by atoms with Gasteiger partial charge in [-0.1, -0.05) is 31.2 Å². The second-order valence-corrected chi connectivity index (χ2v) is 7.94. The van der Waals surface area contributed by atoms with Crippen molar-refractivity contribution < 1.29 is 5.11 Å². The summed E-state index contributed by atoms with van der Waals surface area (Å²) < 4.78 is 0. The van der Waals surface area contributed by atoms with E-state index in [1.54, 1.807) is 11.3 Å². The van der Waals surface area contributed by atoms with Gasteiger partial charge in [0, 0.05) is 43.7 Å². The van der Waals surface area contributed by atoms with E-state index in [9.17, 15) is 0 Å². The Bertz CT molecular complexity index is 920. The fourth-order valence-corrected chi connectivity index (χ4v) is 4.74. The van der Waals surface area contributed by atoms with Crippen LogP contribution in [0.4, 0.5) is 5.82 Å². The van der Waals surface area contributed by atoms with Gasteiger partial charge in [0.05, 0.1) is 12.0 Å². The first-order chi connectivity index (χ1) is 13.2. The van der Waals surface area contributed by atoms with Crippen LogP contribution in [0.3, 0.4) is 0 Å². The molecule has 27 heavy (non-hydrogen) atoms. The third-order valence-electron chi connectivity index (χ3n) is 5.15. The van der Waals surface area contributed by atoms with Crippen molar-refractivity contribution in [1.82, 2.24) is 14.9 Å². The van der Waals surface area contributed by atoms with E-state index in [2.05, 4.69) is 56.3 Å². The van der Waals surface area contributed by atoms with Gasteiger partial charge < -0.3 is 10.0 Å². The summed E-state index contributed by atoms with van der Waals surface area (Å²) in [6.45, 7) is 6.65. The van der Waals surface area contributed by atoms with E-state index in [1.807, 2.05) is 0 Å². The lowest BCUT2D eigenvalue weighted by Crippen LogP contribution is -2.47. The van der Waals surface area contributed by atoms with Crippen LogP contribution in [0, 0.1) is 0 Å². The van der Waals surface area contributed by atoms with Gasteiger partial charge in [-0.3, -0.25) is 4.90 Å². The largest absolute Gasteiger partial charge is 0.395 e. The fourth-order valence-electron chi connectivity index (χ4n) is 3.58. The highest BCUT2D eigenvalue weighted by molar-refractivity contribution is 7.17. The van der Waals surface area contributed by atoms with Crippen LogP contribution >= 0.6 is 22.9 Å². The number of piperazine rings is 1. The molecular formula is C20H23ClN4OS. The number of anilines is 1. The predicted octanol–water partition coefficient (Wildman–Crippen LogP) is 3.69. The molecule has 1 aliphatic rings. The summed E-state index contributed by atoms with van der Waals surface area (Å²) in [6, 6.07) is 8.72. The lowest BCUT2D eigenvalue weighted by Gasteiger charge is -2.35. The number of aliphatic hydroxyl groups excluding tert-OH is 1. The molecule has 1 aliphatic heterocycles. The van der Waals surface area contributed by atoms with Crippen molar-refractivity contribution in [2.24, 2.45) is 0 Å². The van der Waals surface area contributed by atoms with Crippen LogP contribution in [0.1, 0.15) is 12.5 Å². The minimum Gasteiger partial charge on any atom is -0.395 e. The molecule has 0 aliphatic carbocycles. The highest BCUT2D eigenvalue weighted by Gasteiger charge is 2.23. The zero-order valence-corrected chi connectivity index (χ0v) is 16.9. The van der Waals surface area contributed by atoms with E-state index in [1.165, 1.54) is 16.7 Å². The molecular weight excluding hydrogens is 380 g/mol. The van der Waals surface area contributed by atoms with E-state index in [0.717, 1.165) is 55.2 Å². The number of hydrogen-bond donors (Lipinski definition) is 1. The Kier molecular flexibility index (Phi) is 5.59. The molecule has 0 radical (unpaired) electrons. The zero-order chi connectivity index (χ0) is 18.8. The van der Waals surface area contributed by atoms with Gasteiger partial charge in [0.15, 0.2) is 0 Å². The van der Waals surface area contributed by atoms with Crippen molar-refractivity contribution in [1.29, 1.82) is 0 Å². The van der Waals surface area contributed by atoms with E-state index in [4.69, 9.17) is 16.7 Å². The maximum Gasteiger partial charge on any atom is 0.225 e. The minimum absolute atomic E-state index is 0.200. The van der Waals surface area contributed by atoms with Crippen molar-refractivity contribution in [2.45, 2.75) is 13.3 Å². The van der Waals surface area contributed by atoms with Gasteiger partial charge in [-0.25, -0.2) is 4.98 Å². The van der Waals surface area contributed by atoms with Gasteiger partial charge in [0.25, 0.3) is 0 Å². The van der Waals surface area contributed by atoms with Crippen LogP contribution in [-0.2, 0) is 6.42 Å². The molecule has 1 aromatic carbocycles. The Hall–Kier alpha value is -1.73. The summed E-state index contributed by atoms with van der Waals surface area (Å²) in [5, 5.41) is 12.7. The first-order valence-electron chi connectivity index (χ1n) is 9.31. The molecule has 2 aromatic heterocycles. The van der Waals surface area contributed by atoms with Crippen LogP contribution < -0.4 is 4.90 Å². The maximum absolute atomic E-state index is 9.16. The van der Waals surface area contributed by atoms with Crippen molar-refractivity contribution in [3.63, 3.8) is 0 Å². The zero-order valence-electron chi connectivity index (χ0n) is 15.4. The molecule has 1 N–H and O–H groups in total. The molecule has 0 atom stereocenters. The second-order valence-electron chi connectivity index (χ2n) is 6.75. The monoisotopic (exact) mass is 402 g/mol. The number of hydrogen-bond acceptors (Lipinski definition) is 6. The molecule has 4 rings (SSSR count). The van der Waals surface area contributed by atoms with Gasteiger partial charge in [0.1, 0.15) is 10.6 Å². The number of rotatable bonds is 5. The standard InChI is InChI=1S/C20H23ClN4OS/c1-2-14-3-5-15(6-4-14)16-13-27-19-17(16)18(22-20(21)23-19)25-9-7-24(8-10-25)11-12-26/h3-6,13,26H,2,7-12H2,1H3. The number of benzene rings is 1. The SMILES string of the molecule is CCc1ccc(-c2csc3nc(Cl)nc(N4CCN(CCO)CC4)c23)cc1. The lowest BCUT2D eigenvalue weighted by atomic mass is 10.0. The average Bonchev–Trinajstić information content (AvgIpc) is 3.12. The third kappa shape index (κ3) is 3.80. The summed E-state index contributed by atoms with van der Waals surface area (Å²) in [7, 11) is 0. The predicted molar refractivity (Wildman–Crippen MR) is 113 cm³/mol. The second kappa shape index (κ2) is 8.10. The maximum atomic E-state index is 9.16. The van der Waals surface area contributed by atoms with Crippen LogP contribution in [0.2, 0.25) is 5.28 Å². The molecule has 0 amide bonds. The Balaban J connectivity index is 1.73. The van der Waals surface area contributed by atoms with Crippen molar-refractivity contribution in [3.05, 3.63) is 40.5 Å². The summed E-state index contributed by atoms with van der Waals surface area (Å²) in [4.78, 5) is 14.6. The van der Waals surface area contributed by atoms with E-state index < -0.39 is 0 Å². The Labute approximate surface area is 168 Å². The number of halogens is 1. The molecule has 7 heteroatoms. The van der Waals surface area contributed by atoms with Gasteiger partial charge in [-0.2, -0.15) is 4.98 Å². The quantitative estimate of drug-likeness (QED) is 0.659. The molecule has 0 unspecified atom stereocenters. The summed E-state index contributed by atoms with van der Waals surface area (Å²) in [6.07, 6.45) is 1.03. The Morgan fingerprint density at radius 1 is 1.11 bits per heavy atom. The number of thiophene rings is 1. The summed E-state index contributed by atoms with van der Waals surface area (Å²) in [5.74, 6) is 0.921. The summed E-state index contributed by atoms with van der Waals surface area (Å²) >= 11 is 7.84. The van der Waals surface area contributed by atoms with Crippen molar-refractivity contribution >= 4 is 39.0 Å². The minimum atomic E-state index is 0.200. The molecule has 0 spiro atoms. The number of aliphatic hydroxyl groups is 1. The van der Waals surface area contributed by atoms with Crippen LogP contribution in [0.25, 0.3) is 21.3 Å². The molecule has 142 valence electrons. The number of aromatic nitrogens is 2. The number of aryl methyl sites for hydroxylation is 1. The smallest absolute Gasteiger partial charge is 0.225 e. The van der Waals surface area contributed by atoms with Gasteiger partial charge >= 0.3 is 0 Å². The first-order valence-corrected chi connectivity index (χ1v) is 10.6. The van der Waals surface area contributed by atoms with Crippen molar-refractivity contribution in [3.8, 4) is 11.1 Å². The van der Waals surface area contributed by atoms with Gasteiger partial charge in [-0.05, 0) is 29.1 Å². The molecule has 3 heterocycles. The number of nitrogens with zero attached hydrogens (tertiary/aromatic N) is 4. The normalized spacial score (nSPS) is 15.6. The van der Waals surface area contributed by atoms with E-state index in [0.29, 0.717) is 5.28 Å². The van der Waals surface area contributed by atoms with Crippen LogP contribution in [0.5, 0.6) is 0 Å². The Morgan fingerprint density at radius 3 is 2.52 bits per heavy atom. The highest BCUT2D eigenvalue weighted by Crippen LogP contribution is 2.39. The van der Waals surface area contributed by atoms with Crippen molar-refractivity contribution in [2.75, 3.05) is 44.2 Å². The van der Waals surface area contributed by atoms with Gasteiger partial charge in [-0.15, -0.1) is 11.3 Å². The molecule has 3 aromatic rings. The highest BCUT2D eigenvalue weighted by atomic mass is 35.5. The first kappa shape index (κ1) is 18.6. The van der Waals surface area contributed by atoms with E-state index in [-0.39, 0.29) is 6.61 Å². The number of β-amino-alcohol motifs (C(OH)–C–C–N with tert-alkyl or cyclic N) is 1. The van der Waals surface area contributed by atoms with Crippen LogP contribution in [-0.4, -0.2) is 59.3 Å². The van der Waals surface area contributed by atoms with Gasteiger partial charge in [0.2, 0.25) is 5.28 Å². The van der Waals surface area contributed by atoms with Crippen LogP contribution in [0.15, 0.2) is 29.6 Å². The summed E-state index contributed by atoms with van der Waals surface area (Å²) in [5.41, 5.74) is 3.68. The number of fused-ring (bicyclic) bond motifs is 1. The average molecular weight is 403 g/mol. The third-order valence-corrected chi connectivity index (χ3v) is 6.19. The van der Waals surface area contributed by atoms with E-state index >= 15 is 0 Å². The lowest BCUT2D eigenvalue weighted by molar-refractivity contribution is 0.188. The molecule has 0 bridgehead atoms. The molecule has 0 saturated carbocycles. The molecule has 1 fully saturated rings. The molecule has 1 saturated heterocycles.